The highest BCUT2D eigenvalue weighted by molar-refractivity contribution is 6.35. The van der Waals surface area contributed by atoms with Gasteiger partial charge in [-0.1, -0.05) is 23.7 Å². The smallest absolute Gasteiger partial charge is 0.123 e. The van der Waals surface area contributed by atoms with Gasteiger partial charge in [0.25, 0.3) is 0 Å². The summed E-state index contributed by atoms with van der Waals surface area (Å²) in [5.41, 5.74) is 3.02. The molecule has 1 aromatic heterocycles. The Hall–Kier alpha value is -1.84. The van der Waals surface area contributed by atoms with Gasteiger partial charge in [0.05, 0.1) is 10.5 Å². The molecule has 0 fully saturated rings. The zero-order chi connectivity index (χ0) is 15.5. The largest absolute Gasteiger partial charge is 0.360 e. The Morgan fingerprint density at radius 1 is 1.18 bits per heavy atom. The molecule has 4 heteroatoms. The van der Waals surface area contributed by atoms with Gasteiger partial charge in [-0.15, -0.1) is 0 Å². The van der Waals surface area contributed by atoms with Crippen molar-refractivity contribution in [1.29, 1.82) is 0 Å². The van der Waals surface area contributed by atoms with Crippen LogP contribution in [0.2, 0.25) is 5.02 Å². The fraction of sp³-hybridized carbons (Fsp3) is 0.222. The number of nitrogens with one attached hydrogen (secondary N) is 2. The van der Waals surface area contributed by atoms with Crippen molar-refractivity contribution in [2.75, 3.05) is 13.6 Å². The summed E-state index contributed by atoms with van der Waals surface area (Å²) in [4.78, 5) is 3.14. The van der Waals surface area contributed by atoms with Gasteiger partial charge in [0.15, 0.2) is 0 Å². The molecular weight excluding hydrogens is 299 g/mol. The van der Waals surface area contributed by atoms with Crippen LogP contribution in [-0.4, -0.2) is 18.6 Å². The molecule has 2 aromatic carbocycles. The number of rotatable bonds is 5. The van der Waals surface area contributed by atoms with Crippen LogP contribution < -0.4 is 5.32 Å². The summed E-state index contributed by atoms with van der Waals surface area (Å²) in [6.45, 7) is 0.851. The van der Waals surface area contributed by atoms with Crippen LogP contribution in [0.25, 0.3) is 10.9 Å². The van der Waals surface area contributed by atoms with Gasteiger partial charge in [-0.25, -0.2) is 4.39 Å². The van der Waals surface area contributed by atoms with E-state index in [1.54, 1.807) is 12.1 Å². The second-order valence-corrected chi connectivity index (χ2v) is 5.85. The number of benzene rings is 2. The number of halogens is 2. The Balaban J connectivity index is 2.06. The second-order valence-electron chi connectivity index (χ2n) is 5.44. The van der Waals surface area contributed by atoms with Crippen molar-refractivity contribution < 1.29 is 4.39 Å². The van der Waals surface area contributed by atoms with Crippen molar-refractivity contribution in [3.63, 3.8) is 0 Å². The number of hydrogen-bond acceptors (Lipinski definition) is 1. The van der Waals surface area contributed by atoms with E-state index in [1.165, 1.54) is 6.07 Å². The summed E-state index contributed by atoms with van der Waals surface area (Å²) < 4.78 is 13.6. The van der Waals surface area contributed by atoms with Crippen LogP contribution in [0.15, 0.2) is 48.7 Å². The van der Waals surface area contributed by atoms with E-state index in [9.17, 15) is 4.39 Å². The summed E-state index contributed by atoms with van der Waals surface area (Å²) in [7, 11) is 1.92. The van der Waals surface area contributed by atoms with E-state index in [0.717, 1.165) is 35.0 Å². The molecule has 2 N–H and O–H groups in total. The molecule has 0 radical (unpaired) electrons. The maximum atomic E-state index is 13.6. The van der Waals surface area contributed by atoms with E-state index >= 15 is 0 Å². The van der Waals surface area contributed by atoms with Crippen molar-refractivity contribution in [3.8, 4) is 0 Å². The molecule has 0 amide bonds. The topological polar surface area (TPSA) is 27.8 Å². The highest BCUT2D eigenvalue weighted by atomic mass is 35.5. The van der Waals surface area contributed by atoms with E-state index in [1.807, 2.05) is 31.4 Å². The van der Waals surface area contributed by atoms with Gasteiger partial charge in [-0.05, 0) is 61.5 Å². The van der Waals surface area contributed by atoms with E-state index in [-0.39, 0.29) is 11.7 Å². The molecule has 3 rings (SSSR count). The summed E-state index contributed by atoms with van der Waals surface area (Å²) in [6, 6.07) is 12.9. The van der Waals surface area contributed by atoms with E-state index < -0.39 is 0 Å². The van der Waals surface area contributed by atoms with Gasteiger partial charge in [0, 0.05) is 17.5 Å². The van der Waals surface area contributed by atoms with Crippen molar-refractivity contribution >= 4 is 22.5 Å². The number of aromatic amines is 1. The summed E-state index contributed by atoms with van der Waals surface area (Å²) in [6.07, 6.45) is 2.76. The van der Waals surface area contributed by atoms with Crippen LogP contribution >= 0.6 is 11.6 Å². The number of hydrogen-bond donors (Lipinski definition) is 2. The molecule has 1 atom stereocenters. The van der Waals surface area contributed by atoms with Crippen LogP contribution in [0.3, 0.4) is 0 Å². The molecule has 0 spiro atoms. The molecule has 0 aliphatic carbocycles. The predicted molar refractivity (Wildman–Crippen MR) is 90.1 cm³/mol. The van der Waals surface area contributed by atoms with Gasteiger partial charge >= 0.3 is 0 Å². The summed E-state index contributed by atoms with van der Waals surface area (Å²) >= 11 is 6.38. The maximum absolute atomic E-state index is 13.6. The first-order valence-corrected chi connectivity index (χ1v) is 7.73. The number of aromatic nitrogens is 1. The number of H-pyrrole nitrogens is 1. The third-order valence-electron chi connectivity index (χ3n) is 3.97. The Kier molecular flexibility index (Phi) is 4.46. The molecule has 114 valence electrons. The molecule has 0 saturated carbocycles. The zero-order valence-electron chi connectivity index (χ0n) is 12.4. The molecule has 3 aromatic rings. The fourth-order valence-electron chi connectivity index (χ4n) is 2.89. The average molecular weight is 317 g/mol. The lowest BCUT2D eigenvalue weighted by molar-refractivity contribution is 0.616. The van der Waals surface area contributed by atoms with Gasteiger partial charge in [-0.3, -0.25) is 0 Å². The van der Waals surface area contributed by atoms with Crippen LogP contribution in [0, 0.1) is 5.82 Å². The predicted octanol–water partition coefficient (Wildman–Crippen LogP) is 4.70. The standard InChI is InChI=1S/C18H18ClFN2/c1-21-7-6-16(12-3-2-4-15(20)10-12)14-9-13-5-8-22-18(13)17(19)11-14/h2-5,8-11,16,21-22H,6-7H2,1H3. The summed E-state index contributed by atoms with van der Waals surface area (Å²) in [5.74, 6) is -0.0965. The van der Waals surface area contributed by atoms with Crippen molar-refractivity contribution in [2.45, 2.75) is 12.3 Å². The monoisotopic (exact) mass is 316 g/mol. The normalized spacial score (nSPS) is 12.7. The van der Waals surface area contributed by atoms with Gasteiger partial charge in [0.2, 0.25) is 0 Å². The highest BCUT2D eigenvalue weighted by Gasteiger charge is 2.16. The molecule has 22 heavy (non-hydrogen) atoms. The molecule has 1 heterocycles. The van der Waals surface area contributed by atoms with E-state index in [0.29, 0.717) is 5.02 Å². The minimum atomic E-state index is -0.208. The SMILES string of the molecule is CNCCC(c1cccc(F)c1)c1cc(Cl)c2[nH]ccc2c1. The Labute approximate surface area is 134 Å². The molecule has 1 unspecified atom stereocenters. The van der Waals surface area contributed by atoms with Crippen molar-refractivity contribution in [1.82, 2.24) is 10.3 Å². The lowest BCUT2D eigenvalue weighted by atomic mass is 9.88. The Morgan fingerprint density at radius 2 is 2.05 bits per heavy atom. The highest BCUT2D eigenvalue weighted by Crippen LogP contribution is 2.33. The van der Waals surface area contributed by atoms with Crippen LogP contribution in [-0.2, 0) is 0 Å². The molecule has 0 aliphatic rings. The zero-order valence-corrected chi connectivity index (χ0v) is 13.1. The number of fused-ring (bicyclic) bond motifs is 1. The molecular formula is C18H18ClFN2. The first-order valence-electron chi connectivity index (χ1n) is 7.35. The van der Waals surface area contributed by atoms with Crippen LogP contribution in [0.4, 0.5) is 4.39 Å². The lowest BCUT2D eigenvalue weighted by Gasteiger charge is -2.19. The van der Waals surface area contributed by atoms with E-state index in [4.69, 9.17) is 11.6 Å². The third kappa shape index (κ3) is 3.01. The molecule has 0 aliphatic heterocycles. The Morgan fingerprint density at radius 3 is 2.82 bits per heavy atom. The molecule has 0 bridgehead atoms. The second kappa shape index (κ2) is 6.51. The third-order valence-corrected chi connectivity index (χ3v) is 4.27. The van der Waals surface area contributed by atoms with Gasteiger partial charge in [-0.2, -0.15) is 0 Å². The van der Waals surface area contributed by atoms with Gasteiger partial charge in [0.1, 0.15) is 5.82 Å². The maximum Gasteiger partial charge on any atom is 0.123 e. The van der Waals surface area contributed by atoms with Crippen LogP contribution in [0.5, 0.6) is 0 Å². The molecule has 2 nitrogen and oxygen atoms in total. The minimum Gasteiger partial charge on any atom is -0.360 e. The first-order chi connectivity index (χ1) is 10.7. The van der Waals surface area contributed by atoms with E-state index in [2.05, 4.69) is 16.4 Å². The average Bonchev–Trinajstić information content (AvgIpc) is 2.97. The first kappa shape index (κ1) is 15.1. The Bertz CT molecular complexity index is 782. The van der Waals surface area contributed by atoms with Crippen molar-refractivity contribution in [2.24, 2.45) is 0 Å². The van der Waals surface area contributed by atoms with Gasteiger partial charge < -0.3 is 10.3 Å². The molecule has 0 saturated heterocycles. The quantitative estimate of drug-likeness (QED) is 0.701. The summed E-state index contributed by atoms with van der Waals surface area (Å²) in [5, 5.41) is 4.94. The van der Waals surface area contributed by atoms with Crippen molar-refractivity contribution in [3.05, 3.63) is 70.6 Å². The lowest BCUT2D eigenvalue weighted by Crippen LogP contribution is -2.13. The van der Waals surface area contributed by atoms with Crippen LogP contribution in [0.1, 0.15) is 23.5 Å². The minimum absolute atomic E-state index is 0.111. The fourth-order valence-corrected chi connectivity index (χ4v) is 3.18.